The van der Waals surface area contributed by atoms with E-state index in [1.54, 1.807) is 11.8 Å². The molecular formula is C14H21N3OS. The highest BCUT2D eigenvalue weighted by atomic mass is 32.2. The van der Waals surface area contributed by atoms with Gasteiger partial charge in [-0.3, -0.25) is 4.99 Å². The maximum absolute atomic E-state index is 5.41. The van der Waals surface area contributed by atoms with Crippen molar-refractivity contribution in [3.05, 3.63) is 24.3 Å². The Morgan fingerprint density at radius 3 is 2.79 bits per heavy atom. The zero-order chi connectivity index (χ0) is 13.5. The fraction of sp³-hybridized carbons (Fsp3) is 0.500. The highest BCUT2D eigenvalue weighted by Crippen LogP contribution is 2.27. The molecule has 1 aliphatic heterocycles. The van der Waals surface area contributed by atoms with E-state index in [4.69, 9.17) is 4.74 Å². The number of anilines is 2. The Hall–Kier alpha value is -1.20. The molecule has 0 saturated carbocycles. The Balaban J connectivity index is 2.17. The van der Waals surface area contributed by atoms with E-state index >= 15 is 0 Å². The fourth-order valence-electron chi connectivity index (χ4n) is 2.07. The van der Waals surface area contributed by atoms with Crippen molar-refractivity contribution in [1.82, 2.24) is 0 Å². The second kappa shape index (κ2) is 7.40. The molecule has 1 aromatic carbocycles. The Morgan fingerprint density at radius 2 is 2.11 bits per heavy atom. The van der Waals surface area contributed by atoms with E-state index in [0.717, 1.165) is 43.7 Å². The van der Waals surface area contributed by atoms with Crippen LogP contribution in [0.2, 0.25) is 0 Å². The van der Waals surface area contributed by atoms with Crippen molar-refractivity contribution < 1.29 is 4.74 Å². The first kappa shape index (κ1) is 14.2. The number of nitrogens with one attached hydrogen (secondary N) is 1. The van der Waals surface area contributed by atoms with E-state index in [9.17, 15) is 0 Å². The second-order valence-electron chi connectivity index (χ2n) is 4.23. The number of ether oxygens (including phenoxy) is 1. The van der Waals surface area contributed by atoms with Gasteiger partial charge in [0.1, 0.15) is 0 Å². The third-order valence-electron chi connectivity index (χ3n) is 2.99. The summed E-state index contributed by atoms with van der Waals surface area (Å²) in [6, 6.07) is 8.38. The first-order valence-electron chi connectivity index (χ1n) is 6.62. The first-order valence-corrected chi connectivity index (χ1v) is 7.84. The van der Waals surface area contributed by atoms with Crippen LogP contribution in [0.15, 0.2) is 29.3 Å². The van der Waals surface area contributed by atoms with Crippen molar-refractivity contribution in [3.63, 3.8) is 0 Å². The Kier molecular flexibility index (Phi) is 5.54. The summed E-state index contributed by atoms with van der Waals surface area (Å²) in [6.45, 7) is 6.32. The summed E-state index contributed by atoms with van der Waals surface area (Å²) >= 11 is 1.64. The maximum atomic E-state index is 5.41. The number of nitrogens with zero attached hydrogens (tertiary/aromatic N) is 2. The van der Waals surface area contributed by atoms with Crippen LogP contribution in [-0.4, -0.2) is 44.3 Å². The number of rotatable bonds is 3. The molecule has 5 heteroatoms. The van der Waals surface area contributed by atoms with E-state index in [-0.39, 0.29) is 0 Å². The molecule has 2 rings (SSSR count). The lowest BCUT2D eigenvalue weighted by Gasteiger charge is -2.30. The van der Waals surface area contributed by atoms with Gasteiger partial charge in [-0.2, -0.15) is 0 Å². The molecule has 1 N–H and O–H groups in total. The number of para-hydroxylation sites is 2. The number of thioether (sulfide) groups is 1. The summed E-state index contributed by atoms with van der Waals surface area (Å²) in [7, 11) is 0. The standard InChI is InChI=1S/C14H21N3OS/c1-3-15-14(19-2)16-12-6-4-5-7-13(12)17-8-10-18-11-9-17/h4-7H,3,8-11H2,1-2H3,(H,15,16). The Bertz CT molecular complexity index is 430. The number of aliphatic imine (C=N–C) groups is 1. The molecule has 1 aliphatic rings. The molecule has 0 atom stereocenters. The number of hydrogen-bond donors (Lipinski definition) is 1. The van der Waals surface area contributed by atoms with Crippen LogP contribution in [-0.2, 0) is 4.74 Å². The molecular weight excluding hydrogens is 258 g/mol. The summed E-state index contributed by atoms with van der Waals surface area (Å²) in [5, 5.41) is 4.39. The van der Waals surface area contributed by atoms with Crippen LogP contribution in [0.5, 0.6) is 0 Å². The zero-order valence-electron chi connectivity index (χ0n) is 11.6. The summed E-state index contributed by atoms with van der Waals surface area (Å²) in [5.41, 5.74) is 2.34. The molecule has 0 bridgehead atoms. The van der Waals surface area contributed by atoms with Crippen molar-refractivity contribution in [3.8, 4) is 0 Å². The number of morpholine rings is 1. The average molecular weight is 279 g/mol. The lowest BCUT2D eigenvalue weighted by molar-refractivity contribution is 0.123. The Labute approximate surface area is 119 Å². The molecule has 1 heterocycles. The van der Waals surface area contributed by atoms with Gasteiger partial charge in [0.05, 0.1) is 24.6 Å². The molecule has 104 valence electrons. The highest BCUT2D eigenvalue weighted by Gasteiger charge is 2.14. The highest BCUT2D eigenvalue weighted by molar-refractivity contribution is 8.13. The van der Waals surface area contributed by atoms with Gasteiger partial charge in [-0.25, -0.2) is 0 Å². The van der Waals surface area contributed by atoms with Gasteiger partial charge in [-0.05, 0) is 25.3 Å². The van der Waals surface area contributed by atoms with Gasteiger partial charge in [0.2, 0.25) is 0 Å². The van der Waals surface area contributed by atoms with Gasteiger partial charge < -0.3 is 15.0 Å². The predicted molar refractivity (Wildman–Crippen MR) is 84.6 cm³/mol. The number of benzene rings is 1. The van der Waals surface area contributed by atoms with Crippen LogP contribution in [0.25, 0.3) is 0 Å². The van der Waals surface area contributed by atoms with Crippen molar-refractivity contribution in [2.45, 2.75) is 6.92 Å². The van der Waals surface area contributed by atoms with Crippen LogP contribution in [0.4, 0.5) is 11.4 Å². The largest absolute Gasteiger partial charge is 0.378 e. The van der Waals surface area contributed by atoms with Gasteiger partial charge in [-0.15, -0.1) is 0 Å². The van der Waals surface area contributed by atoms with Crippen molar-refractivity contribution in [2.75, 3.05) is 49.3 Å². The molecule has 0 spiro atoms. The maximum Gasteiger partial charge on any atom is 0.160 e. The molecule has 0 aromatic heterocycles. The second-order valence-corrected chi connectivity index (χ2v) is 5.02. The quantitative estimate of drug-likeness (QED) is 0.682. The minimum absolute atomic E-state index is 0.795. The average Bonchev–Trinajstić information content (AvgIpc) is 2.48. The molecule has 19 heavy (non-hydrogen) atoms. The van der Waals surface area contributed by atoms with Crippen LogP contribution in [0, 0.1) is 0 Å². The van der Waals surface area contributed by atoms with Crippen molar-refractivity contribution >= 4 is 28.3 Å². The van der Waals surface area contributed by atoms with E-state index in [2.05, 4.69) is 39.5 Å². The van der Waals surface area contributed by atoms with Gasteiger partial charge in [-0.1, -0.05) is 23.9 Å². The van der Waals surface area contributed by atoms with Gasteiger partial charge in [0.15, 0.2) is 5.17 Å². The normalized spacial score (nSPS) is 16.5. The zero-order valence-corrected chi connectivity index (χ0v) is 12.4. The molecule has 0 unspecified atom stereocenters. The van der Waals surface area contributed by atoms with E-state index in [1.165, 1.54) is 5.69 Å². The molecule has 0 radical (unpaired) electrons. The van der Waals surface area contributed by atoms with Crippen molar-refractivity contribution in [2.24, 2.45) is 4.99 Å². The minimum atomic E-state index is 0.795. The molecule has 0 aliphatic carbocycles. The predicted octanol–water partition coefficient (Wildman–Crippen LogP) is 2.67. The van der Waals surface area contributed by atoms with Gasteiger partial charge in [0, 0.05) is 19.6 Å². The molecule has 1 aromatic rings. The summed E-state index contributed by atoms with van der Waals surface area (Å²) < 4.78 is 5.41. The molecule has 1 saturated heterocycles. The van der Waals surface area contributed by atoms with Crippen LogP contribution in [0.1, 0.15) is 6.92 Å². The Morgan fingerprint density at radius 1 is 1.37 bits per heavy atom. The van der Waals surface area contributed by atoms with E-state index in [1.807, 2.05) is 13.2 Å². The van der Waals surface area contributed by atoms with Crippen LogP contribution >= 0.6 is 11.8 Å². The van der Waals surface area contributed by atoms with Crippen LogP contribution < -0.4 is 10.2 Å². The van der Waals surface area contributed by atoms with E-state index in [0.29, 0.717) is 0 Å². The molecule has 4 nitrogen and oxygen atoms in total. The molecule has 1 fully saturated rings. The summed E-state index contributed by atoms with van der Waals surface area (Å²) in [4.78, 5) is 6.81. The molecule has 0 amide bonds. The summed E-state index contributed by atoms with van der Waals surface area (Å²) in [5.74, 6) is 0. The number of amidine groups is 1. The topological polar surface area (TPSA) is 36.9 Å². The number of hydrogen-bond acceptors (Lipinski definition) is 4. The monoisotopic (exact) mass is 279 g/mol. The van der Waals surface area contributed by atoms with Gasteiger partial charge in [0.25, 0.3) is 0 Å². The third-order valence-corrected chi connectivity index (χ3v) is 3.61. The minimum Gasteiger partial charge on any atom is -0.378 e. The van der Waals surface area contributed by atoms with Gasteiger partial charge >= 0.3 is 0 Å². The smallest absolute Gasteiger partial charge is 0.160 e. The first-order chi connectivity index (χ1) is 9.35. The van der Waals surface area contributed by atoms with E-state index < -0.39 is 0 Å². The third kappa shape index (κ3) is 3.88. The van der Waals surface area contributed by atoms with Crippen molar-refractivity contribution in [1.29, 1.82) is 0 Å². The van der Waals surface area contributed by atoms with Crippen LogP contribution in [0.3, 0.4) is 0 Å². The lowest BCUT2D eigenvalue weighted by atomic mass is 10.2. The lowest BCUT2D eigenvalue weighted by Crippen LogP contribution is -2.36. The fourth-order valence-corrected chi connectivity index (χ4v) is 2.54. The SMILES string of the molecule is CCN=C(Nc1ccccc1N1CCOCC1)SC. The summed E-state index contributed by atoms with van der Waals surface area (Å²) in [6.07, 6.45) is 2.04.